The summed E-state index contributed by atoms with van der Waals surface area (Å²) in [6.07, 6.45) is 2.78. The fourth-order valence-corrected chi connectivity index (χ4v) is 7.06. The second-order valence-corrected chi connectivity index (χ2v) is 11.2. The monoisotopic (exact) mass is 550 g/mol. The average molecular weight is 551 g/mol. The van der Waals surface area contributed by atoms with Gasteiger partial charge >= 0.3 is 6.03 Å². The number of fused-ring (bicyclic) bond motifs is 3. The van der Waals surface area contributed by atoms with Crippen molar-refractivity contribution in [3.63, 3.8) is 0 Å². The number of carbonyl (C=O) groups excluding carboxylic acids is 1. The van der Waals surface area contributed by atoms with Gasteiger partial charge in [-0.25, -0.2) is 9.78 Å². The molecule has 1 unspecified atom stereocenters. The van der Waals surface area contributed by atoms with Crippen molar-refractivity contribution >= 4 is 16.9 Å². The van der Waals surface area contributed by atoms with E-state index in [4.69, 9.17) is 4.98 Å². The summed E-state index contributed by atoms with van der Waals surface area (Å²) in [5.41, 5.74) is 8.03. The van der Waals surface area contributed by atoms with Crippen LogP contribution in [0.15, 0.2) is 122 Å². The molecule has 0 aliphatic carbocycles. The Balaban J connectivity index is 1.38. The van der Waals surface area contributed by atoms with E-state index in [0.717, 1.165) is 51.1 Å². The number of nitrogens with zero attached hydrogens (tertiary/aromatic N) is 4. The minimum Gasteiger partial charge on any atom is -0.316 e. The lowest BCUT2D eigenvalue weighted by molar-refractivity contribution is 0.172. The normalized spacial score (nSPS) is 14.3. The van der Waals surface area contributed by atoms with Crippen LogP contribution in [0.3, 0.4) is 0 Å². The SMILES string of the molecule is Cc1c2n(c3ccccc13)C(=O)N(C(C)c1ncn(C(c3ccccc3)(c3ccccc3)c3ccccc3)c1C)CC2. The van der Waals surface area contributed by atoms with Gasteiger partial charge in [-0.3, -0.25) is 4.57 Å². The molecular weight excluding hydrogens is 516 g/mol. The highest BCUT2D eigenvalue weighted by Gasteiger charge is 2.41. The van der Waals surface area contributed by atoms with Crippen LogP contribution in [-0.2, 0) is 12.0 Å². The molecule has 7 rings (SSSR count). The van der Waals surface area contributed by atoms with Crippen LogP contribution in [0.2, 0.25) is 0 Å². The van der Waals surface area contributed by atoms with Gasteiger partial charge < -0.3 is 9.47 Å². The molecule has 1 atom stereocenters. The first-order valence-electron chi connectivity index (χ1n) is 14.6. The number of aryl methyl sites for hydroxylation is 1. The lowest BCUT2D eigenvalue weighted by Crippen LogP contribution is -2.43. The van der Waals surface area contributed by atoms with Crippen molar-refractivity contribution in [2.24, 2.45) is 0 Å². The van der Waals surface area contributed by atoms with Gasteiger partial charge in [0.05, 0.1) is 23.6 Å². The number of imidazole rings is 1. The molecular formula is C37H34N4O. The molecule has 2 aromatic heterocycles. The van der Waals surface area contributed by atoms with Gasteiger partial charge in [0.2, 0.25) is 0 Å². The minimum atomic E-state index is -0.647. The zero-order valence-electron chi connectivity index (χ0n) is 24.2. The first kappa shape index (κ1) is 26.0. The molecule has 6 aromatic rings. The topological polar surface area (TPSA) is 43.1 Å². The van der Waals surface area contributed by atoms with E-state index in [9.17, 15) is 4.79 Å². The molecule has 0 saturated heterocycles. The molecule has 42 heavy (non-hydrogen) atoms. The van der Waals surface area contributed by atoms with Crippen LogP contribution in [0.25, 0.3) is 10.9 Å². The van der Waals surface area contributed by atoms with Gasteiger partial charge in [-0.15, -0.1) is 0 Å². The Morgan fingerprint density at radius 1 is 0.738 bits per heavy atom. The maximum absolute atomic E-state index is 14.1. The number of carbonyl (C=O) groups is 1. The van der Waals surface area contributed by atoms with Crippen molar-refractivity contribution in [3.05, 3.63) is 161 Å². The van der Waals surface area contributed by atoms with E-state index in [2.05, 4.69) is 122 Å². The van der Waals surface area contributed by atoms with Crippen molar-refractivity contribution in [1.82, 2.24) is 19.0 Å². The minimum absolute atomic E-state index is 0.0161. The Hall–Kier alpha value is -4.90. The van der Waals surface area contributed by atoms with Crippen molar-refractivity contribution in [2.75, 3.05) is 6.54 Å². The Morgan fingerprint density at radius 2 is 1.26 bits per heavy atom. The van der Waals surface area contributed by atoms with Crippen molar-refractivity contribution in [2.45, 2.75) is 38.8 Å². The predicted octanol–water partition coefficient (Wildman–Crippen LogP) is 7.88. The van der Waals surface area contributed by atoms with Crippen LogP contribution in [-0.4, -0.2) is 31.6 Å². The molecule has 0 spiro atoms. The lowest BCUT2D eigenvalue weighted by Gasteiger charge is -2.39. The maximum Gasteiger partial charge on any atom is 0.329 e. The molecule has 5 nitrogen and oxygen atoms in total. The number of rotatable bonds is 6. The fourth-order valence-electron chi connectivity index (χ4n) is 7.06. The Kier molecular flexibility index (Phi) is 6.31. The predicted molar refractivity (Wildman–Crippen MR) is 168 cm³/mol. The summed E-state index contributed by atoms with van der Waals surface area (Å²) < 4.78 is 4.22. The third-order valence-corrected chi connectivity index (χ3v) is 9.12. The molecule has 1 aliphatic rings. The van der Waals surface area contributed by atoms with Crippen molar-refractivity contribution in [1.29, 1.82) is 0 Å². The summed E-state index contributed by atoms with van der Waals surface area (Å²) in [7, 11) is 0. The molecule has 0 saturated carbocycles. The molecule has 208 valence electrons. The summed E-state index contributed by atoms with van der Waals surface area (Å²) in [5.74, 6) is 0. The van der Waals surface area contributed by atoms with E-state index >= 15 is 0 Å². The van der Waals surface area contributed by atoms with Gasteiger partial charge in [-0.1, -0.05) is 109 Å². The third kappa shape index (κ3) is 3.77. The smallest absolute Gasteiger partial charge is 0.316 e. The molecule has 1 aliphatic heterocycles. The number of hydrogen-bond donors (Lipinski definition) is 0. The highest BCUT2D eigenvalue weighted by atomic mass is 16.2. The van der Waals surface area contributed by atoms with E-state index in [1.54, 1.807) is 0 Å². The van der Waals surface area contributed by atoms with Gasteiger partial charge in [0.1, 0.15) is 5.54 Å². The van der Waals surface area contributed by atoms with Crippen LogP contribution in [0, 0.1) is 13.8 Å². The first-order chi connectivity index (χ1) is 20.5. The molecule has 5 heteroatoms. The molecule has 0 fully saturated rings. The Labute approximate surface area is 246 Å². The van der Waals surface area contributed by atoms with Crippen molar-refractivity contribution < 1.29 is 4.79 Å². The molecule has 1 amide bonds. The van der Waals surface area contributed by atoms with E-state index in [1.807, 2.05) is 34.0 Å². The highest BCUT2D eigenvalue weighted by molar-refractivity contribution is 5.96. The quantitative estimate of drug-likeness (QED) is 0.198. The number of benzene rings is 4. The van der Waals surface area contributed by atoms with Gasteiger partial charge in [0.25, 0.3) is 0 Å². The van der Waals surface area contributed by atoms with E-state index < -0.39 is 5.54 Å². The Morgan fingerprint density at radius 3 is 1.83 bits per heavy atom. The van der Waals surface area contributed by atoms with Crippen LogP contribution in [0.1, 0.15) is 52.3 Å². The standard InChI is InChI=1S/C37H34N4O/c1-26-32-21-13-14-22-34(32)41-33(26)23-24-39(36(41)42)27(2)35-28(3)40(25-38-35)37(29-15-7-4-8-16-29,30-17-9-5-10-18-30)31-19-11-6-12-20-31/h4-22,25,27H,23-24H2,1-3H3. The number of para-hydroxylation sites is 1. The highest BCUT2D eigenvalue weighted by Crippen LogP contribution is 2.43. The molecule has 0 radical (unpaired) electrons. The zero-order valence-corrected chi connectivity index (χ0v) is 24.2. The summed E-state index contributed by atoms with van der Waals surface area (Å²) in [6.45, 7) is 7.03. The summed E-state index contributed by atoms with van der Waals surface area (Å²) in [4.78, 5) is 21.1. The van der Waals surface area contributed by atoms with Gasteiger partial charge in [0, 0.05) is 29.7 Å². The van der Waals surface area contributed by atoms with E-state index in [-0.39, 0.29) is 12.1 Å². The zero-order chi connectivity index (χ0) is 28.8. The second-order valence-electron chi connectivity index (χ2n) is 11.2. The number of hydrogen-bond acceptors (Lipinski definition) is 2. The molecule has 4 aromatic carbocycles. The lowest BCUT2D eigenvalue weighted by atomic mass is 9.76. The summed E-state index contributed by atoms with van der Waals surface area (Å²) in [6, 6.07) is 39.9. The van der Waals surface area contributed by atoms with Gasteiger partial charge in [-0.05, 0) is 49.1 Å². The van der Waals surface area contributed by atoms with Gasteiger partial charge in [0.15, 0.2) is 0 Å². The maximum atomic E-state index is 14.1. The largest absolute Gasteiger partial charge is 0.329 e. The summed E-state index contributed by atoms with van der Waals surface area (Å²) in [5, 5.41) is 1.15. The molecule has 0 bridgehead atoms. The number of amides is 1. The first-order valence-corrected chi connectivity index (χ1v) is 14.6. The average Bonchev–Trinajstić information content (AvgIpc) is 3.57. The summed E-state index contributed by atoms with van der Waals surface area (Å²) >= 11 is 0. The van der Waals surface area contributed by atoms with Crippen LogP contribution >= 0.6 is 0 Å². The van der Waals surface area contributed by atoms with Crippen LogP contribution in [0.5, 0.6) is 0 Å². The van der Waals surface area contributed by atoms with Crippen molar-refractivity contribution in [3.8, 4) is 0 Å². The number of aromatic nitrogens is 3. The van der Waals surface area contributed by atoms with E-state index in [0.29, 0.717) is 6.54 Å². The second kappa shape index (κ2) is 10.2. The van der Waals surface area contributed by atoms with Gasteiger partial charge in [-0.2, -0.15) is 0 Å². The molecule has 3 heterocycles. The van der Waals surface area contributed by atoms with E-state index in [1.165, 1.54) is 5.56 Å². The third-order valence-electron chi connectivity index (χ3n) is 9.12. The fraction of sp³-hybridized carbons (Fsp3) is 0.189. The van der Waals surface area contributed by atoms with Crippen LogP contribution < -0.4 is 0 Å². The molecule has 0 N–H and O–H groups in total. The Bertz CT molecular complexity index is 1790. The van der Waals surface area contributed by atoms with Crippen LogP contribution in [0.4, 0.5) is 4.79 Å².